The number of nitrogens with zero attached hydrogens (tertiary/aromatic N) is 3. The van der Waals surface area contributed by atoms with Gasteiger partial charge in [0.05, 0.1) is 0 Å². The Bertz CT molecular complexity index is 542. The fraction of sp³-hybridized carbons (Fsp3) is 0.643. The number of hydrogen-bond acceptors (Lipinski definition) is 5. The first-order valence-corrected chi connectivity index (χ1v) is 7.49. The normalized spacial score (nSPS) is 18.6. The summed E-state index contributed by atoms with van der Waals surface area (Å²) in [6.45, 7) is 7.00. The molecule has 21 heavy (non-hydrogen) atoms. The van der Waals surface area contributed by atoms with E-state index in [0.717, 1.165) is 13.0 Å². The molecule has 1 aliphatic rings. The van der Waals surface area contributed by atoms with Crippen LogP contribution in [0.1, 0.15) is 20.3 Å². The number of hydrogen-bond donors (Lipinski definition) is 2. The van der Waals surface area contributed by atoms with Gasteiger partial charge in [0, 0.05) is 45.1 Å². The Labute approximate surface area is 124 Å². The zero-order valence-corrected chi connectivity index (χ0v) is 12.6. The van der Waals surface area contributed by atoms with Crippen LogP contribution in [0.5, 0.6) is 0 Å². The Morgan fingerprint density at radius 1 is 1.52 bits per heavy atom. The lowest BCUT2D eigenvalue weighted by Gasteiger charge is -2.35. The van der Waals surface area contributed by atoms with E-state index in [2.05, 4.69) is 15.6 Å². The molecule has 0 radical (unpaired) electrons. The Hall–Kier alpha value is -1.89. The predicted molar refractivity (Wildman–Crippen MR) is 81.5 cm³/mol. The third-order valence-electron chi connectivity index (χ3n) is 3.53. The van der Waals surface area contributed by atoms with Crippen LogP contribution in [0.25, 0.3) is 0 Å². The quantitative estimate of drug-likeness (QED) is 0.770. The minimum Gasteiger partial charge on any atom is -0.355 e. The molecule has 0 bridgehead atoms. The van der Waals surface area contributed by atoms with Crippen LogP contribution in [0.3, 0.4) is 0 Å². The number of nitrogens with one attached hydrogen (secondary N) is 2. The molecule has 0 aliphatic carbocycles. The van der Waals surface area contributed by atoms with Gasteiger partial charge in [-0.15, -0.1) is 0 Å². The average molecular weight is 293 g/mol. The van der Waals surface area contributed by atoms with Crippen LogP contribution in [0.2, 0.25) is 0 Å². The van der Waals surface area contributed by atoms with Crippen LogP contribution in [0.4, 0.5) is 5.82 Å². The summed E-state index contributed by atoms with van der Waals surface area (Å²) in [6.07, 6.45) is 4.20. The number of anilines is 1. The highest BCUT2D eigenvalue weighted by atomic mass is 16.2. The first kappa shape index (κ1) is 15.5. The Kier molecular flexibility index (Phi) is 5.32. The minimum atomic E-state index is -0.392. The number of amides is 1. The Morgan fingerprint density at radius 3 is 3.05 bits per heavy atom. The van der Waals surface area contributed by atoms with Crippen molar-refractivity contribution in [2.24, 2.45) is 0 Å². The fourth-order valence-corrected chi connectivity index (χ4v) is 2.53. The maximum atomic E-state index is 12.5. The van der Waals surface area contributed by atoms with E-state index in [1.165, 1.54) is 0 Å². The van der Waals surface area contributed by atoms with Crippen molar-refractivity contribution in [2.45, 2.75) is 32.9 Å². The molecule has 2 heterocycles. The molecule has 1 aliphatic heterocycles. The maximum Gasteiger partial charge on any atom is 0.293 e. The molecule has 1 aromatic heterocycles. The van der Waals surface area contributed by atoms with E-state index in [1.54, 1.807) is 17.0 Å². The number of carbonyl (C=O) groups excluding carboxylic acids is 1. The van der Waals surface area contributed by atoms with Gasteiger partial charge in [-0.3, -0.25) is 9.59 Å². The number of piperazine rings is 1. The largest absolute Gasteiger partial charge is 0.355 e. The summed E-state index contributed by atoms with van der Waals surface area (Å²) in [4.78, 5) is 30.7. The van der Waals surface area contributed by atoms with Crippen molar-refractivity contribution >= 4 is 11.7 Å². The van der Waals surface area contributed by atoms with Crippen molar-refractivity contribution in [3.8, 4) is 0 Å². The first-order chi connectivity index (χ1) is 10.2. The van der Waals surface area contributed by atoms with Crippen molar-refractivity contribution in [3.63, 3.8) is 0 Å². The molecular formula is C14H23N5O2. The molecule has 0 aromatic carbocycles. The van der Waals surface area contributed by atoms with E-state index < -0.39 is 6.04 Å². The van der Waals surface area contributed by atoms with E-state index in [-0.39, 0.29) is 11.5 Å². The Balaban J connectivity index is 2.31. The highest BCUT2D eigenvalue weighted by molar-refractivity contribution is 5.85. The molecule has 1 saturated heterocycles. The molecule has 0 spiro atoms. The molecular weight excluding hydrogens is 270 g/mol. The molecule has 1 fully saturated rings. The second-order valence-electron chi connectivity index (χ2n) is 5.06. The SMILES string of the molecule is CCCn1ccnc(N2CCNCC2C(=O)NCC)c1=O. The topological polar surface area (TPSA) is 79.3 Å². The Morgan fingerprint density at radius 2 is 2.33 bits per heavy atom. The lowest BCUT2D eigenvalue weighted by molar-refractivity contribution is -0.122. The fourth-order valence-electron chi connectivity index (χ4n) is 2.53. The van der Waals surface area contributed by atoms with Crippen molar-refractivity contribution in [1.29, 1.82) is 0 Å². The van der Waals surface area contributed by atoms with Gasteiger partial charge < -0.3 is 20.1 Å². The van der Waals surface area contributed by atoms with E-state index in [4.69, 9.17) is 0 Å². The van der Waals surface area contributed by atoms with Crippen molar-refractivity contribution in [3.05, 3.63) is 22.7 Å². The molecule has 1 atom stereocenters. The third kappa shape index (κ3) is 3.41. The van der Waals surface area contributed by atoms with Crippen molar-refractivity contribution in [1.82, 2.24) is 20.2 Å². The second-order valence-corrected chi connectivity index (χ2v) is 5.06. The molecule has 7 nitrogen and oxygen atoms in total. The number of rotatable bonds is 5. The highest BCUT2D eigenvalue weighted by Crippen LogP contribution is 2.11. The van der Waals surface area contributed by atoms with E-state index in [1.807, 2.05) is 18.7 Å². The summed E-state index contributed by atoms with van der Waals surface area (Å²) in [5.74, 6) is 0.292. The van der Waals surface area contributed by atoms with Crippen LogP contribution in [-0.2, 0) is 11.3 Å². The zero-order valence-electron chi connectivity index (χ0n) is 12.6. The van der Waals surface area contributed by atoms with Crippen LogP contribution < -0.4 is 21.1 Å². The molecule has 1 unspecified atom stereocenters. The van der Waals surface area contributed by atoms with Gasteiger partial charge in [0.15, 0.2) is 5.82 Å². The molecule has 1 amide bonds. The molecule has 0 saturated carbocycles. The summed E-state index contributed by atoms with van der Waals surface area (Å²) in [7, 11) is 0. The van der Waals surface area contributed by atoms with Gasteiger partial charge in [-0.25, -0.2) is 4.98 Å². The number of aromatic nitrogens is 2. The van der Waals surface area contributed by atoms with E-state index in [0.29, 0.717) is 32.0 Å². The molecule has 7 heteroatoms. The van der Waals surface area contributed by atoms with Gasteiger partial charge in [0.2, 0.25) is 5.91 Å². The number of likely N-dealkylation sites (N-methyl/N-ethyl adjacent to an activating group) is 1. The monoisotopic (exact) mass is 293 g/mol. The second kappa shape index (κ2) is 7.21. The smallest absolute Gasteiger partial charge is 0.293 e. The summed E-state index contributed by atoms with van der Waals surface area (Å²) in [6, 6.07) is -0.392. The molecule has 116 valence electrons. The maximum absolute atomic E-state index is 12.5. The van der Waals surface area contributed by atoms with Gasteiger partial charge in [0.25, 0.3) is 5.56 Å². The lowest BCUT2D eigenvalue weighted by atomic mass is 10.1. The van der Waals surface area contributed by atoms with E-state index in [9.17, 15) is 9.59 Å². The van der Waals surface area contributed by atoms with Gasteiger partial charge in [0.1, 0.15) is 6.04 Å². The van der Waals surface area contributed by atoms with Gasteiger partial charge in [-0.2, -0.15) is 0 Å². The summed E-state index contributed by atoms with van der Waals surface area (Å²) >= 11 is 0. The standard InChI is InChI=1S/C14H23N5O2/c1-3-7-18-8-6-17-12(14(18)21)19-9-5-15-10-11(19)13(20)16-4-2/h6,8,11,15H,3-5,7,9-10H2,1-2H3,(H,16,20). The van der Waals surface area contributed by atoms with E-state index >= 15 is 0 Å². The van der Waals surface area contributed by atoms with Gasteiger partial charge in [-0.05, 0) is 13.3 Å². The summed E-state index contributed by atoms with van der Waals surface area (Å²) < 4.78 is 1.65. The highest BCUT2D eigenvalue weighted by Gasteiger charge is 2.30. The lowest BCUT2D eigenvalue weighted by Crippen LogP contribution is -2.59. The van der Waals surface area contributed by atoms with Crippen LogP contribution in [0.15, 0.2) is 17.2 Å². The molecule has 2 rings (SSSR count). The van der Waals surface area contributed by atoms with Crippen molar-refractivity contribution in [2.75, 3.05) is 31.1 Å². The summed E-state index contributed by atoms with van der Waals surface area (Å²) in [5, 5.41) is 6.01. The number of carbonyl (C=O) groups is 1. The van der Waals surface area contributed by atoms with Crippen LogP contribution >= 0.6 is 0 Å². The minimum absolute atomic E-state index is 0.0724. The first-order valence-electron chi connectivity index (χ1n) is 7.49. The average Bonchev–Trinajstić information content (AvgIpc) is 2.50. The molecule has 2 N–H and O–H groups in total. The van der Waals surface area contributed by atoms with Crippen molar-refractivity contribution < 1.29 is 4.79 Å². The van der Waals surface area contributed by atoms with Crippen LogP contribution in [0, 0.1) is 0 Å². The predicted octanol–water partition coefficient (Wildman–Crippen LogP) is -0.432. The van der Waals surface area contributed by atoms with Gasteiger partial charge >= 0.3 is 0 Å². The zero-order chi connectivity index (χ0) is 15.2. The van der Waals surface area contributed by atoms with Gasteiger partial charge in [-0.1, -0.05) is 6.92 Å². The van der Waals surface area contributed by atoms with Crippen LogP contribution in [-0.4, -0.2) is 47.7 Å². The summed E-state index contributed by atoms with van der Waals surface area (Å²) in [5.41, 5.74) is -0.129. The molecule has 1 aromatic rings. The number of aryl methyl sites for hydroxylation is 1. The third-order valence-corrected chi connectivity index (χ3v) is 3.53.